The third-order valence-corrected chi connectivity index (χ3v) is 6.65. The summed E-state index contributed by atoms with van der Waals surface area (Å²) in [6.45, 7) is 0. The van der Waals surface area contributed by atoms with Crippen LogP contribution in [0.1, 0.15) is 0 Å². The molecule has 0 amide bonds. The summed E-state index contributed by atoms with van der Waals surface area (Å²) in [6.07, 6.45) is 0. The average Bonchev–Trinajstić information content (AvgIpc) is 2.47. The average molecular weight is 419 g/mol. The molecular weight excluding hydrogens is 404 g/mol. The lowest BCUT2D eigenvalue weighted by Crippen LogP contribution is -2.22. The van der Waals surface area contributed by atoms with Crippen molar-refractivity contribution in [3.8, 4) is 0 Å². The van der Waals surface area contributed by atoms with Crippen molar-refractivity contribution in [2.45, 2.75) is 9.79 Å². The molecule has 0 saturated carbocycles. The van der Waals surface area contributed by atoms with E-state index >= 15 is 0 Å². The molecule has 0 aromatic heterocycles. The van der Waals surface area contributed by atoms with E-state index in [2.05, 4.69) is 20.7 Å². The lowest BCUT2D eigenvalue weighted by Gasteiger charge is -2.13. The van der Waals surface area contributed by atoms with Gasteiger partial charge in [-0.2, -0.15) is 0 Å². The van der Waals surface area contributed by atoms with Gasteiger partial charge in [-0.15, -0.1) is 0 Å². The van der Waals surface area contributed by atoms with Gasteiger partial charge in [0, 0.05) is 18.6 Å². The van der Waals surface area contributed by atoms with Crippen molar-refractivity contribution in [2.75, 3.05) is 18.8 Å². The van der Waals surface area contributed by atoms with Crippen LogP contribution in [0.3, 0.4) is 0 Å². The van der Waals surface area contributed by atoms with Gasteiger partial charge < -0.3 is 0 Å². The normalized spacial score (nSPS) is 12.3. The molecule has 0 atom stereocenters. The summed E-state index contributed by atoms with van der Waals surface area (Å²) in [5.74, 6) is 0. The second-order valence-corrected chi connectivity index (χ2v) is 9.63. The molecule has 0 saturated heterocycles. The first kappa shape index (κ1) is 17.9. The molecule has 6 nitrogen and oxygen atoms in total. The SMILES string of the molecule is CN(C)S(=O)(=O)c1cccc(NS(=O)(=O)c2cccc(Br)c2)c1. The van der Waals surface area contributed by atoms with E-state index in [0.717, 1.165) is 4.31 Å². The Hall–Kier alpha value is -1.42. The molecule has 0 aliphatic heterocycles. The Labute approximate surface area is 144 Å². The Kier molecular flexibility index (Phi) is 5.14. The predicted molar refractivity (Wildman–Crippen MR) is 92.3 cm³/mol. The summed E-state index contributed by atoms with van der Waals surface area (Å²) in [6, 6.07) is 11.9. The van der Waals surface area contributed by atoms with Gasteiger partial charge in [0.25, 0.3) is 10.0 Å². The van der Waals surface area contributed by atoms with Crippen molar-refractivity contribution in [1.29, 1.82) is 0 Å². The molecule has 2 rings (SSSR count). The van der Waals surface area contributed by atoms with E-state index in [4.69, 9.17) is 0 Å². The molecule has 0 radical (unpaired) electrons. The summed E-state index contributed by atoms with van der Waals surface area (Å²) >= 11 is 3.22. The van der Waals surface area contributed by atoms with E-state index in [1.807, 2.05) is 0 Å². The van der Waals surface area contributed by atoms with Gasteiger partial charge >= 0.3 is 0 Å². The minimum absolute atomic E-state index is 0.0111. The minimum Gasteiger partial charge on any atom is -0.280 e. The molecule has 2 aromatic carbocycles. The van der Waals surface area contributed by atoms with Crippen LogP contribution in [0.4, 0.5) is 5.69 Å². The summed E-state index contributed by atoms with van der Waals surface area (Å²) in [7, 11) is -4.62. The van der Waals surface area contributed by atoms with Gasteiger partial charge in [0.15, 0.2) is 0 Å². The number of benzene rings is 2. The van der Waals surface area contributed by atoms with Crippen molar-refractivity contribution in [2.24, 2.45) is 0 Å². The Morgan fingerprint density at radius 2 is 1.52 bits per heavy atom. The summed E-state index contributed by atoms with van der Waals surface area (Å²) < 4.78 is 53.0. The van der Waals surface area contributed by atoms with Crippen LogP contribution in [-0.4, -0.2) is 35.2 Å². The van der Waals surface area contributed by atoms with E-state index in [0.29, 0.717) is 4.47 Å². The highest BCUT2D eigenvalue weighted by molar-refractivity contribution is 9.10. The topological polar surface area (TPSA) is 83.6 Å². The van der Waals surface area contributed by atoms with Crippen molar-refractivity contribution in [1.82, 2.24) is 4.31 Å². The van der Waals surface area contributed by atoms with Crippen molar-refractivity contribution in [3.63, 3.8) is 0 Å². The number of hydrogen-bond acceptors (Lipinski definition) is 4. The summed E-state index contributed by atoms with van der Waals surface area (Å²) in [4.78, 5) is 0.0877. The van der Waals surface area contributed by atoms with Crippen LogP contribution < -0.4 is 4.72 Å². The molecule has 0 aliphatic carbocycles. The molecule has 0 heterocycles. The van der Waals surface area contributed by atoms with Crippen LogP contribution >= 0.6 is 15.9 Å². The zero-order valence-electron chi connectivity index (χ0n) is 12.4. The number of nitrogens with one attached hydrogen (secondary N) is 1. The first-order chi connectivity index (χ1) is 10.6. The number of nitrogens with zero attached hydrogens (tertiary/aromatic N) is 1. The molecule has 2 aromatic rings. The molecule has 9 heteroatoms. The van der Waals surface area contributed by atoms with E-state index in [1.165, 1.54) is 50.5 Å². The number of hydrogen-bond donors (Lipinski definition) is 1. The van der Waals surface area contributed by atoms with E-state index in [1.54, 1.807) is 12.1 Å². The standard InChI is InChI=1S/C14H15BrN2O4S2/c1-17(2)23(20,21)14-8-4-6-12(10-14)16-22(18,19)13-7-3-5-11(15)9-13/h3-10,16H,1-2H3. The number of anilines is 1. The molecule has 1 N–H and O–H groups in total. The molecule has 0 aliphatic rings. The summed E-state index contributed by atoms with van der Waals surface area (Å²) in [5, 5.41) is 0. The quantitative estimate of drug-likeness (QED) is 0.807. The Morgan fingerprint density at radius 1 is 0.913 bits per heavy atom. The highest BCUT2D eigenvalue weighted by Crippen LogP contribution is 2.22. The fraction of sp³-hybridized carbons (Fsp3) is 0.143. The molecule has 0 unspecified atom stereocenters. The Morgan fingerprint density at radius 3 is 2.13 bits per heavy atom. The van der Waals surface area contributed by atoms with E-state index in [9.17, 15) is 16.8 Å². The molecule has 0 spiro atoms. The van der Waals surface area contributed by atoms with Gasteiger partial charge in [-0.05, 0) is 36.4 Å². The largest absolute Gasteiger partial charge is 0.280 e. The third-order valence-electron chi connectivity index (χ3n) is 2.97. The summed E-state index contributed by atoms with van der Waals surface area (Å²) in [5.41, 5.74) is 0.174. The lowest BCUT2D eigenvalue weighted by molar-refractivity contribution is 0.521. The van der Waals surface area contributed by atoms with Crippen LogP contribution in [0.25, 0.3) is 0 Å². The van der Waals surface area contributed by atoms with Crippen molar-refractivity contribution >= 4 is 41.7 Å². The van der Waals surface area contributed by atoms with Crippen LogP contribution in [0, 0.1) is 0 Å². The van der Waals surface area contributed by atoms with Gasteiger partial charge in [0.05, 0.1) is 15.5 Å². The van der Waals surface area contributed by atoms with Crippen molar-refractivity contribution in [3.05, 3.63) is 53.0 Å². The second kappa shape index (κ2) is 6.60. The van der Waals surface area contributed by atoms with E-state index in [-0.39, 0.29) is 15.5 Å². The second-order valence-electron chi connectivity index (χ2n) is 4.88. The number of rotatable bonds is 5. The monoisotopic (exact) mass is 418 g/mol. The smallest absolute Gasteiger partial charge is 0.261 e. The number of halogens is 1. The van der Waals surface area contributed by atoms with Crippen LogP contribution in [-0.2, 0) is 20.0 Å². The Balaban J connectivity index is 2.38. The van der Waals surface area contributed by atoms with Gasteiger partial charge in [-0.25, -0.2) is 21.1 Å². The molecule has 23 heavy (non-hydrogen) atoms. The zero-order chi connectivity index (χ0) is 17.3. The number of sulfonamides is 2. The van der Waals surface area contributed by atoms with Crippen LogP contribution in [0.15, 0.2) is 62.8 Å². The molecule has 124 valence electrons. The van der Waals surface area contributed by atoms with Crippen LogP contribution in [0.2, 0.25) is 0 Å². The highest BCUT2D eigenvalue weighted by atomic mass is 79.9. The third kappa shape index (κ3) is 4.11. The van der Waals surface area contributed by atoms with Crippen molar-refractivity contribution < 1.29 is 16.8 Å². The first-order valence-corrected chi connectivity index (χ1v) is 10.2. The molecule has 0 fully saturated rings. The first-order valence-electron chi connectivity index (χ1n) is 6.44. The maximum atomic E-state index is 12.4. The van der Waals surface area contributed by atoms with Gasteiger partial charge in [-0.1, -0.05) is 28.1 Å². The highest BCUT2D eigenvalue weighted by Gasteiger charge is 2.19. The zero-order valence-corrected chi connectivity index (χ0v) is 15.6. The van der Waals surface area contributed by atoms with Gasteiger partial charge in [0.1, 0.15) is 0 Å². The maximum absolute atomic E-state index is 12.4. The fourth-order valence-corrected chi connectivity index (χ4v) is 4.37. The molecule has 0 bridgehead atoms. The minimum atomic E-state index is -3.81. The van der Waals surface area contributed by atoms with E-state index < -0.39 is 20.0 Å². The van der Waals surface area contributed by atoms with Gasteiger partial charge in [0.2, 0.25) is 10.0 Å². The lowest BCUT2D eigenvalue weighted by atomic mass is 10.3. The molecular formula is C14H15BrN2O4S2. The predicted octanol–water partition coefficient (Wildman–Crippen LogP) is 2.50. The maximum Gasteiger partial charge on any atom is 0.261 e. The fourth-order valence-electron chi connectivity index (χ4n) is 1.78. The van der Waals surface area contributed by atoms with Gasteiger partial charge in [-0.3, -0.25) is 4.72 Å². The Bertz CT molecular complexity index is 925. The van der Waals surface area contributed by atoms with Crippen LogP contribution in [0.5, 0.6) is 0 Å².